The molecule has 0 bridgehead atoms. The van der Waals surface area contributed by atoms with E-state index in [1.807, 2.05) is 0 Å². The second-order valence-electron chi connectivity index (χ2n) is 4.25. The van der Waals surface area contributed by atoms with Crippen LogP contribution in [0.5, 0.6) is 0 Å². The van der Waals surface area contributed by atoms with Gasteiger partial charge in [-0.1, -0.05) is 0 Å². The van der Waals surface area contributed by atoms with Gasteiger partial charge in [0.05, 0.1) is 11.9 Å². The Hall–Kier alpha value is -1.91. The predicted molar refractivity (Wildman–Crippen MR) is 59.0 cm³/mol. The van der Waals surface area contributed by atoms with Crippen molar-refractivity contribution in [2.24, 2.45) is 0 Å². The normalized spacial score (nSPS) is 19.4. The summed E-state index contributed by atoms with van der Waals surface area (Å²) in [6.45, 7) is 3.45. The molecule has 1 aliphatic heterocycles. The largest absolute Gasteiger partial charge is 0.332 e. The molecule has 2 heterocycles. The van der Waals surface area contributed by atoms with Crippen LogP contribution in [0.3, 0.4) is 0 Å². The fourth-order valence-corrected chi connectivity index (χ4v) is 1.61. The molecule has 5 heteroatoms. The fraction of sp³-hybridized carbons (Fsp3) is 0.364. The van der Waals surface area contributed by atoms with Gasteiger partial charge in [0.1, 0.15) is 5.54 Å². The number of nitrogens with zero attached hydrogens (tertiary/aromatic N) is 3. The van der Waals surface area contributed by atoms with E-state index in [4.69, 9.17) is 0 Å². The van der Waals surface area contributed by atoms with Gasteiger partial charge in [-0.05, 0) is 26.0 Å². The zero-order chi connectivity index (χ0) is 11.9. The summed E-state index contributed by atoms with van der Waals surface area (Å²) in [7, 11) is 1.62. The first-order valence-electron chi connectivity index (χ1n) is 4.98. The number of amides is 3. The molecule has 0 N–H and O–H groups in total. The molecule has 0 spiro atoms. The van der Waals surface area contributed by atoms with E-state index in [-0.39, 0.29) is 11.9 Å². The minimum absolute atomic E-state index is 0.229. The molecule has 84 valence electrons. The summed E-state index contributed by atoms with van der Waals surface area (Å²) in [5.74, 6) is -0.229. The highest BCUT2D eigenvalue weighted by atomic mass is 16.2. The first kappa shape index (κ1) is 10.6. The topological polar surface area (TPSA) is 53.5 Å². The van der Waals surface area contributed by atoms with Gasteiger partial charge in [0.2, 0.25) is 0 Å². The highest BCUT2D eigenvalue weighted by Gasteiger charge is 2.49. The number of carbonyl (C=O) groups is 2. The van der Waals surface area contributed by atoms with Crippen molar-refractivity contribution in [3.63, 3.8) is 0 Å². The van der Waals surface area contributed by atoms with Gasteiger partial charge in [-0.3, -0.25) is 9.78 Å². The van der Waals surface area contributed by atoms with E-state index < -0.39 is 5.54 Å². The van der Waals surface area contributed by atoms with Crippen molar-refractivity contribution >= 4 is 17.6 Å². The summed E-state index contributed by atoms with van der Waals surface area (Å²) in [5.41, 5.74) is -0.289. The first-order chi connectivity index (χ1) is 7.46. The SMILES string of the molecule is CN1C(=O)N(c2cccnc2)C(=O)C1(C)C. The molecular formula is C11H13N3O2. The van der Waals surface area contributed by atoms with Crippen LogP contribution in [0.25, 0.3) is 0 Å². The second-order valence-corrected chi connectivity index (χ2v) is 4.25. The molecule has 1 aliphatic rings. The van der Waals surface area contributed by atoms with Crippen LogP contribution in [0.2, 0.25) is 0 Å². The van der Waals surface area contributed by atoms with Crippen molar-refractivity contribution in [3.05, 3.63) is 24.5 Å². The molecule has 16 heavy (non-hydrogen) atoms. The summed E-state index contributed by atoms with van der Waals surface area (Å²) in [6, 6.07) is 3.07. The monoisotopic (exact) mass is 219 g/mol. The number of imide groups is 1. The molecule has 1 aromatic rings. The smallest absolute Gasteiger partial charge is 0.313 e. The average molecular weight is 219 g/mol. The lowest BCUT2D eigenvalue weighted by Gasteiger charge is -2.22. The van der Waals surface area contributed by atoms with E-state index >= 15 is 0 Å². The minimum atomic E-state index is -0.799. The number of hydrogen-bond donors (Lipinski definition) is 0. The molecule has 0 atom stereocenters. The Kier molecular flexibility index (Phi) is 2.18. The lowest BCUT2D eigenvalue weighted by Crippen LogP contribution is -2.41. The Morgan fingerprint density at radius 2 is 2.00 bits per heavy atom. The van der Waals surface area contributed by atoms with Crippen LogP contribution in [-0.4, -0.2) is 34.4 Å². The van der Waals surface area contributed by atoms with E-state index in [1.54, 1.807) is 39.2 Å². The van der Waals surface area contributed by atoms with Gasteiger partial charge in [-0.2, -0.15) is 0 Å². The number of aromatic nitrogens is 1. The van der Waals surface area contributed by atoms with Crippen LogP contribution in [0, 0.1) is 0 Å². The van der Waals surface area contributed by atoms with Crippen molar-refractivity contribution in [2.45, 2.75) is 19.4 Å². The average Bonchev–Trinajstić information content (AvgIpc) is 2.42. The van der Waals surface area contributed by atoms with Gasteiger partial charge < -0.3 is 4.90 Å². The Morgan fingerprint density at radius 1 is 1.31 bits per heavy atom. The van der Waals surface area contributed by atoms with Crippen molar-refractivity contribution in [1.82, 2.24) is 9.88 Å². The quantitative estimate of drug-likeness (QED) is 0.668. The lowest BCUT2D eigenvalue weighted by atomic mass is 10.1. The molecule has 0 radical (unpaired) electrons. The van der Waals surface area contributed by atoms with Crippen LogP contribution in [0.15, 0.2) is 24.5 Å². The zero-order valence-corrected chi connectivity index (χ0v) is 9.47. The van der Waals surface area contributed by atoms with Gasteiger partial charge in [0, 0.05) is 13.2 Å². The molecule has 3 amide bonds. The maximum Gasteiger partial charge on any atom is 0.332 e. The van der Waals surface area contributed by atoms with E-state index in [0.29, 0.717) is 5.69 Å². The Morgan fingerprint density at radius 3 is 2.44 bits per heavy atom. The van der Waals surface area contributed by atoms with Crippen molar-refractivity contribution in [2.75, 3.05) is 11.9 Å². The maximum atomic E-state index is 12.1. The van der Waals surface area contributed by atoms with Gasteiger partial charge in [0.25, 0.3) is 5.91 Å². The number of rotatable bonds is 1. The van der Waals surface area contributed by atoms with Crippen molar-refractivity contribution < 1.29 is 9.59 Å². The highest BCUT2D eigenvalue weighted by Crippen LogP contribution is 2.29. The maximum absolute atomic E-state index is 12.1. The van der Waals surface area contributed by atoms with Crippen molar-refractivity contribution in [1.29, 1.82) is 0 Å². The van der Waals surface area contributed by atoms with Gasteiger partial charge in [0.15, 0.2) is 0 Å². The number of likely N-dealkylation sites (N-methyl/N-ethyl adjacent to an activating group) is 1. The molecule has 0 saturated carbocycles. The number of carbonyl (C=O) groups excluding carboxylic acids is 2. The number of urea groups is 1. The summed E-state index contributed by atoms with van der Waals surface area (Å²) in [5, 5.41) is 0. The summed E-state index contributed by atoms with van der Waals surface area (Å²) >= 11 is 0. The Balaban J connectivity index is 2.45. The van der Waals surface area contributed by atoms with E-state index in [2.05, 4.69) is 4.98 Å². The van der Waals surface area contributed by atoms with Crippen LogP contribution in [0.4, 0.5) is 10.5 Å². The standard InChI is InChI=1S/C11H13N3O2/c1-11(2)9(15)14(10(16)13(11)3)8-5-4-6-12-7-8/h4-7H,1-3H3. The van der Waals surface area contributed by atoms with Crippen LogP contribution >= 0.6 is 0 Å². The van der Waals surface area contributed by atoms with E-state index in [0.717, 1.165) is 4.90 Å². The molecule has 1 saturated heterocycles. The molecule has 1 fully saturated rings. The predicted octanol–water partition coefficient (Wildman–Crippen LogP) is 1.26. The number of hydrogen-bond acceptors (Lipinski definition) is 3. The second kappa shape index (κ2) is 3.30. The zero-order valence-electron chi connectivity index (χ0n) is 9.47. The highest BCUT2D eigenvalue weighted by molar-refractivity contribution is 6.22. The van der Waals surface area contributed by atoms with Gasteiger partial charge in [-0.25, -0.2) is 9.69 Å². The molecule has 1 aromatic heterocycles. The van der Waals surface area contributed by atoms with Gasteiger partial charge in [-0.15, -0.1) is 0 Å². The molecular weight excluding hydrogens is 206 g/mol. The van der Waals surface area contributed by atoms with Crippen molar-refractivity contribution in [3.8, 4) is 0 Å². The summed E-state index contributed by atoms with van der Waals surface area (Å²) in [6.07, 6.45) is 3.11. The Labute approximate surface area is 93.7 Å². The first-order valence-corrected chi connectivity index (χ1v) is 4.98. The summed E-state index contributed by atoms with van der Waals surface area (Å²) < 4.78 is 0. The molecule has 5 nitrogen and oxygen atoms in total. The van der Waals surface area contributed by atoms with Crippen LogP contribution < -0.4 is 4.90 Å². The molecule has 0 aromatic carbocycles. The van der Waals surface area contributed by atoms with Crippen LogP contribution in [0.1, 0.15) is 13.8 Å². The number of anilines is 1. The van der Waals surface area contributed by atoms with E-state index in [1.165, 1.54) is 11.1 Å². The molecule has 0 aliphatic carbocycles. The lowest BCUT2D eigenvalue weighted by molar-refractivity contribution is -0.123. The van der Waals surface area contributed by atoms with Gasteiger partial charge >= 0.3 is 6.03 Å². The Bertz CT molecular complexity index is 442. The number of pyridine rings is 1. The molecule has 2 rings (SSSR count). The third-order valence-electron chi connectivity index (χ3n) is 2.95. The minimum Gasteiger partial charge on any atom is -0.313 e. The third kappa shape index (κ3) is 1.28. The van der Waals surface area contributed by atoms with E-state index in [9.17, 15) is 9.59 Å². The summed E-state index contributed by atoms with van der Waals surface area (Å²) in [4.78, 5) is 30.5. The molecule has 0 unspecified atom stereocenters. The third-order valence-corrected chi connectivity index (χ3v) is 2.95. The van der Waals surface area contributed by atoms with Crippen LogP contribution in [-0.2, 0) is 4.79 Å². The fourth-order valence-electron chi connectivity index (χ4n) is 1.61.